The van der Waals surface area contributed by atoms with Crippen molar-refractivity contribution in [3.8, 4) is 0 Å². The summed E-state index contributed by atoms with van der Waals surface area (Å²) in [5, 5.41) is 22.6. The van der Waals surface area contributed by atoms with Gasteiger partial charge in [0.15, 0.2) is 0 Å². The lowest BCUT2D eigenvalue weighted by molar-refractivity contribution is -0.943. The lowest BCUT2D eigenvalue weighted by Crippen LogP contribution is -2.76. The van der Waals surface area contributed by atoms with Gasteiger partial charge in [-0.05, 0) is 39.3 Å². The third kappa shape index (κ3) is 3.50. The molecular formula is C17H24FN3O4. The molecule has 1 aromatic carbocycles. The Morgan fingerprint density at radius 2 is 2.08 bits per heavy atom. The molecule has 2 atom stereocenters. The Hall–Kier alpha value is -2.06. The molecule has 0 aromatic heterocycles. The standard InChI is InChI=1S/C17H24FN3O4/c1-12-10-19(7-8-21(12,16(22)23)17(2,3)4)11-13-5-6-15(20(24)25)14(18)9-13/h5-6,9,12H,7-8,10-11H2,1-4H3/t12-,21?/m0/s1. The van der Waals surface area contributed by atoms with Gasteiger partial charge in [-0.3, -0.25) is 19.5 Å². The Balaban J connectivity index is 2.15. The zero-order valence-corrected chi connectivity index (χ0v) is 15.0. The molecule has 138 valence electrons. The van der Waals surface area contributed by atoms with Gasteiger partial charge in [0, 0.05) is 19.2 Å². The third-order valence-corrected chi connectivity index (χ3v) is 5.18. The van der Waals surface area contributed by atoms with Crippen molar-refractivity contribution in [3.63, 3.8) is 0 Å². The monoisotopic (exact) mass is 353 g/mol. The zero-order valence-electron chi connectivity index (χ0n) is 15.0. The number of hydrogen-bond acceptors (Lipinski definition) is 5. The molecule has 1 aliphatic heterocycles. The Bertz CT molecular complexity index is 689. The number of benzene rings is 1. The van der Waals surface area contributed by atoms with Crippen LogP contribution in [-0.4, -0.2) is 51.6 Å². The van der Waals surface area contributed by atoms with E-state index in [0.29, 0.717) is 31.7 Å². The number of carboxylic acid groups (broad SMARTS) is 1. The van der Waals surface area contributed by atoms with Gasteiger partial charge in [0.25, 0.3) is 6.09 Å². The van der Waals surface area contributed by atoms with Crippen LogP contribution in [0.1, 0.15) is 33.3 Å². The first-order chi connectivity index (χ1) is 11.5. The summed E-state index contributed by atoms with van der Waals surface area (Å²) in [6.45, 7) is 9.39. The van der Waals surface area contributed by atoms with Gasteiger partial charge in [-0.2, -0.15) is 4.39 Å². The topological polar surface area (TPSA) is 86.5 Å². The minimum atomic E-state index is -1.08. The van der Waals surface area contributed by atoms with Gasteiger partial charge >= 0.3 is 5.69 Å². The number of carbonyl (C=O) groups is 1. The second kappa shape index (κ2) is 6.68. The molecule has 2 rings (SSSR count). The van der Waals surface area contributed by atoms with Crippen LogP contribution in [0.2, 0.25) is 0 Å². The summed E-state index contributed by atoms with van der Waals surface area (Å²) < 4.78 is 13.6. The minimum absolute atomic E-state index is 0.127. The summed E-state index contributed by atoms with van der Waals surface area (Å²) in [6, 6.07) is 3.67. The van der Waals surface area contributed by atoms with Gasteiger partial charge in [0.1, 0.15) is 6.04 Å². The molecule has 1 fully saturated rings. The fraction of sp³-hybridized carbons (Fsp3) is 0.588. The number of piperazine rings is 1. The molecule has 0 spiro atoms. The molecule has 1 heterocycles. The normalized spacial score (nSPS) is 24.9. The maximum atomic E-state index is 13.8. The maximum absolute atomic E-state index is 13.8. The van der Waals surface area contributed by atoms with Crippen molar-refractivity contribution in [3.05, 3.63) is 39.7 Å². The van der Waals surface area contributed by atoms with Crippen LogP contribution in [0.25, 0.3) is 0 Å². The van der Waals surface area contributed by atoms with Gasteiger partial charge in [0.2, 0.25) is 5.82 Å². The van der Waals surface area contributed by atoms with Crippen molar-refractivity contribution in [2.24, 2.45) is 0 Å². The number of amides is 1. The van der Waals surface area contributed by atoms with E-state index in [4.69, 9.17) is 0 Å². The van der Waals surface area contributed by atoms with E-state index in [9.17, 15) is 24.4 Å². The fourth-order valence-electron chi connectivity index (χ4n) is 3.86. The van der Waals surface area contributed by atoms with Crippen LogP contribution in [0, 0.1) is 15.9 Å². The Kier molecular flexibility index (Phi) is 5.15. The largest absolute Gasteiger partial charge is 0.498 e. The molecule has 1 unspecified atom stereocenters. The number of halogens is 1. The highest BCUT2D eigenvalue weighted by atomic mass is 19.1. The van der Waals surface area contributed by atoms with Gasteiger partial charge in [-0.25, -0.2) is 0 Å². The van der Waals surface area contributed by atoms with Crippen molar-refractivity contribution in [2.45, 2.75) is 45.8 Å². The van der Waals surface area contributed by atoms with E-state index in [1.807, 2.05) is 32.6 Å². The number of carbonyl (C=O) groups excluding carboxylic acids is 1. The van der Waals surface area contributed by atoms with Gasteiger partial charge in [-0.15, -0.1) is 0 Å². The SMILES string of the molecule is C[C@H]1CN(Cc2ccc([N+](=O)[O-])c(F)c2)CC[N+]1(C(=O)[O-])C(C)(C)C. The molecule has 0 saturated carbocycles. The molecule has 7 nitrogen and oxygen atoms in total. The number of rotatable bonds is 3. The molecule has 1 aliphatic rings. The first-order valence-electron chi connectivity index (χ1n) is 8.23. The molecular weight excluding hydrogens is 329 g/mol. The predicted octanol–water partition coefficient (Wildman–Crippen LogP) is 1.90. The van der Waals surface area contributed by atoms with Crippen molar-refractivity contribution in [1.29, 1.82) is 0 Å². The molecule has 0 bridgehead atoms. The fourth-order valence-corrected chi connectivity index (χ4v) is 3.86. The quantitative estimate of drug-likeness (QED) is 0.470. The van der Waals surface area contributed by atoms with Crippen LogP contribution in [-0.2, 0) is 6.54 Å². The number of nitro benzene ring substituents is 1. The Morgan fingerprint density at radius 1 is 1.44 bits per heavy atom. The summed E-state index contributed by atoms with van der Waals surface area (Å²) in [7, 11) is 0. The van der Waals surface area contributed by atoms with Crippen molar-refractivity contribution in [2.75, 3.05) is 19.6 Å². The van der Waals surface area contributed by atoms with Crippen LogP contribution >= 0.6 is 0 Å². The van der Waals surface area contributed by atoms with E-state index < -0.39 is 28.1 Å². The lowest BCUT2D eigenvalue weighted by atomic mass is 9.95. The highest BCUT2D eigenvalue weighted by Crippen LogP contribution is 2.32. The van der Waals surface area contributed by atoms with Gasteiger partial charge < -0.3 is 9.90 Å². The summed E-state index contributed by atoms with van der Waals surface area (Å²) in [6.07, 6.45) is -1.08. The number of nitrogens with zero attached hydrogens (tertiary/aromatic N) is 3. The molecule has 1 amide bonds. The van der Waals surface area contributed by atoms with Crippen LogP contribution in [0.15, 0.2) is 18.2 Å². The second-order valence-electron chi connectivity index (χ2n) is 7.66. The molecule has 0 radical (unpaired) electrons. The van der Waals surface area contributed by atoms with Crippen molar-refractivity contribution >= 4 is 11.8 Å². The summed E-state index contributed by atoms with van der Waals surface area (Å²) >= 11 is 0. The van der Waals surface area contributed by atoms with E-state index in [1.165, 1.54) is 12.1 Å². The summed E-state index contributed by atoms with van der Waals surface area (Å²) in [5.41, 5.74) is -0.417. The van der Waals surface area contributed by atoms with Crippen molar-refractivity contribution in [1.82, 2.24) is 4.90 Å². The molecule has 0 N–H and O–H groups in total. The summed E-state index contributed by atoms with van der Waals surface area (Å²) in [5.74, 6) is -0.859. The summed E-state index contributed by atoms with van der Waals surface area (Å²) in [4.78, 5) is 23.8. The van der Waals surface area contributed by atoms with Crippen LogP contribution in [0.3, 0.4) is 0 Å². The lowest BCUT2D eigenvalue weighted by Gasteiger charge is -2.55. The van der Waals surface area contributed by atoms with Crippen LogP contribution in [0.4, 0.5) is 14.9 Å². The van der Waals surface area contributed by atoms with Gasteiger partial charge in [0.05, 0.1) is 23.6 Å². The first-order valence-corrected chi connectivity index (χ1v) is 8.23. The molecule has 25 heavy (non-hydrogen) atoms. The van der Waals surface area contributed by atoms with Crippen LogP contribution in [0.5, 0.6) is 0 Å². The third-order valence-electron chi connectivity index (χ3n) is 5.18. The smallest absolute Gasteiger partial charge is 0.304 e. The van der Waals surface area contributed by atoms with E-state index in [1.54, 1.807) is 0 Å². The highest BCUT2D eigenvalue weighted by molar-refractivity contribution is 5.55. The zero-order chi connectivity index (χ0) is 19.0. The molecule has 1 aromatic rings. The van der Waals surface area contributed by atoms with E-state index in [-0.39, 0.29) is 10.5 Å². The molecule has 8 heteroatoms. The van der Waals surface area contributed by atoms with E-state index in [2.05, 4.69) is 0 Å². The minimum Gasteiger partial charge on any atom is -0.498 e. The number of hydrogen-bond donors (Lipinski definition) is 0. The van der Waals surface area contributed by atoms with Gasteiger partial charge in [-0.1, -0.05) is 6.07 Å². The average molecular weight is 353 g/mol. The molecule has 0 aliphatic carbocycles. The predicted molar refractivity (Wildman–Crippen MR) is 88.1 cm³/mol. The number of nitro groups is 1. The van der Waals surface area contributed by atoms with E-state index >= 15 is 0 Å². The van der Waals surface area contributed by atoms with E-state index in [0.717, 1.165) is 6.07 Å². The average Bonchev–Trinajstić information content (AvgIpc) is 2.45. The van der Waals surface area contributed by atoms with Crippen molar-refractivity contribution < 1.29 is 23.7 Å². The highest BCUT2D eigenvalue weighted by Gasteiger charge is 2.49. The first kappa shape index (κ1) is 19.3. The number of quaternary nitrogens is 1. The Labute approximate surface area is 146 Å². The van der Waals surface area contributed by atoms with Crippen LogP contribution < -0.4 is 5.11 Å². The Morgan fingerprint density at radius 3 is 2.52 bits per heavy atom. The second-order valence-corrected chi connectivity index (χ2v) is 7.66. The molecule has 1 saturated heterocycles. The maximum Gasteiger partial charge on any atom is 0.304 e.